The first-order valence-corrected chi connectivity index (χ1v) is 14.1. The fraction of sp³-hybridized carbons (Fsp3) is 0.194. The van der Waals surface area contributed by atoms with Gasteiger partial charge in [0.2, 0.25) is 5.91 Å². The molecule has 4 aromatic carbocycles. The standard InChI is InChI=1S/C21H20N2O3S.C10H14.BF4.Ru/c22-20(15-9-5-2-6-10-15)19(14-7-3-1-4-8-14)17-13-16(21(23)24)11-12-18(17)27(25)26;1-8(2)10-6-4-9(3)5-7-10;2-1(3,4)5;/h1-13,19-20H,22H2,(H2,23,24)(H,25,26);4-8H,1-3H3;;/q;;-1;+2. The van der Waals surface area contributed by atoms with Gasteiger partial charge in [-0.2, -0.15) is 0 Å². The van der Waals surface area contributed by atoms with Gasteiger partial charge in [0.15, 0.2) is 11.1 Å². The second-order valence-electron chi connectivity index (χ2n) is 9.75. The van der Waals surface area contributed by atoms with E-state index in [2.05, 4.69) is 45.0 Å². The van der Waals surface area contributed by atoms with Crippen LogP contribution in [0.5, 0.6) is 0 Å². The first-order valence-electron chi connectivity index (χ1n) is 13.0. The van der Waals surface area contributed by atoms with Gasteiger partial charge in [-0.05, 0) is 53.3 Å². The van der Waals surface area contributed by atoms with Crippen LogP contribution in [0.15, 0.2) is 108 Å². The number of carbonyl (C=O) groups excluding carboxylic acids is 1. The van der Waals surface area contributed by atoms with E-state index in [-0.39, 0.29) is 29.9 Å². The molecule has 43 heavy (non-hydrogen) atoms. The van der Waals surface area contributed by atoms with Crippen LogP contribution in [0.4, 0.5) is 17.3 Å². The van der Waals surface area contributed by atoms with E-state index in [0.717, 1.165) is 11.1 Å². The second-order valence-corrected chi connectivity index (χ2v) is 10.7. The summed E-state index contributed by atoms with van der Waals surface area (Å²) in [6, 6.07) is 31.7. The Balaban J connectivity index is 0.000000477. The molecular weight excluding hydrogens is 668 g/mol. The molecule has 0 aromatic heterocycles. The van der Waals surface area contributed by atoms with Crippen molar-refractivity contribution in [2.24, 2.45) is 11.5 Å². The number of halogens is 4. The number of carbonyl (C=O) groups is 1. The van der Waals surface area contributed by atoms with Crippen LogP contribution in [-0.4, -0.2) is 21.9 Å². The average molecular weight is 703 g/mol. The van der Waals surface area contributed by atoms with E-state index in [1.165, 1.54) is 23.3 Å². The summed E-state index contributed by atoms with van der Waals surface area (Å²) < 4.78 is 60.7. The SMILES string of the molecule is Cc1ccc(C(C)C)cc1.F[B-](F)(F)F.NC(=O)c1ccc(S(=O)O)c(C(c2ccccc2)C(N)c2ccccc2)c1.[Ru+2]. The minimum atomic E-state index is -6.00. The fourth-order valence-corrected chi connectivity index (χ4v) is 4.74. The maximum Gasteiger partial charge on any atom is 2.00 e. The summed E-state index contributed by atoms with van der Waals surface area (Å²) in [5.41, 5.74) is 17.3. The monoisotopic (exact) mass is 703 g/mol. The third kappa shape index (κ3) is 12.9. The first kappa shape index (κ1) is 37.9. The van der Waals surface area contributed by atoms with Gasteiger partial charge in [-0.1, -0.05) is 104 Å². The van der Waals surface area contributed by atoms with E-state index >= 15 is 0 Å². The Morgan fingerprint density at radius 3 is 1.67 bits per heavy atom. The van der Waals surface area contributed by atoms with Gasteiger partial charge < -0.3 is 33.3 Å². The van der Waals surface area contributed by atoms with Crippen molar-refractivity contribution in [3.05, 3.63) is 137 Å². The molecule has 5 N–H and O–H groups in total. The van der Waals surface area contributed by atoms with Crippen LogP contribution in [0.1, 0.15) is 69.9 Å². The molecule has 5 nitrogen and oxygen atoms in total. The Hall–Kier alpha value is -3.17. The quantitative estimate of drug-likeness (QED) is 0.105. The van der Waals surface area contributed by atoms with E-state index in [4.69, 9.17) is 11.5 Å². The molecule has 0 aliphatic carbocycles. The number of hydrogen-bond acceptors (Lipinski definition) is 3. The molecule has 0 spiro atoms. The van der Waals surface area contributed by atoms with Crippen LogP contribution in [0, 0.1) is 6.92 Å². The van der Waals surface area contributed by atoms with Crippen molar-refractivity contribution in [3.63, 3.8) is 0 Å². The Labute approximate surface area is 265 Å². The summed E-state index contributed by atoms with van der Waals surface area (Å²) in [6.07, 6.45) is 0. The van der Waals surface area contributed by atoms with Gasteiger partial charge in [0.05, 0.1) is 4.90 Å². The van der Waals surface area contributed by atoms with Gasteiger partial charge >= 0.3 is 26.7 Å². The molecule has 4 aromatic rings. The molecule has 0 aliphatic rings. The summed E-state index contributed by atoms with van der Waals surface area (Å²) in [5, 5.41) is 0. The zero-order valence-electron chi connectivity index (χ0n) is 23.8. The van der Waals surface area contributed by atoms with Crippen molar-refractivity contribution < 1.29 is 50.3 Å². The van der Waals surface area contributed by atoms with Gasteiger partial charge in [-0.15, -0.1) is 0 Å². The number of benzene rings is 4. The van der Waals surface area contributed by atoms with Gasteiger partial charge in [0, 0.05) is 17.5 Å². The predicted molar refractivity (Wildman–Crippen MR) is 161 cm³/mol. The molecule has 3 unspecified atom stereocenters. The minimum Gasteiger partial charge on any atom is -0.418 e. The molecule has 0 saturated carbocycles. The molecule has 0 fully saturated rings. The molecule has 1 amide bonds. The van der Waals surface area contributed by atoms with E-state index < -0.39 is 36.2 Å². The summed E-state index contributed by atoms with van der Waals surface area (Å²) in [4.78, 5) is 11.9. The maximum absolute atomic E-state index is 12.0. The van der Waals surface area contributed by atoms with Gasteiger partial charge in [0.25, 0.3) is 0 Å². The Morgan fingerprint density at radius 2 is 1.26 bits per heavy atom. The number of nitrogens with two attached hydrogens (primary N) is 2. The Kier molecular flexibility index (Phi) is 15.7. The minimum absolute atomic E-state index is 0. The van der Waals surface area contributed by atoms with E-state index in [9.17, 15) is 30.8 Å². The smallest absolute Gasteiger partial charge is 0.418 e. The summed E-state index contributed by atoms with van der Waals surface area (Å²) in [5.74, 6) is -0.383. The zero-order valence-corrected chi connectivity index (χ0v) is 26.4. The van der Waals surface area contributed by atoms with Crippen molar-refractivity contribution in [1.82, 2.24) is 0 Å². The van der Waals surface area contributed by atoms with E-state index in [0.29, 0.717) is 11.5 Å². The molecule has 12 heteroatoms. The van der Waals surface area contributed by atoms with Crippen molar-refractivity contribution in [3.8, 4) is 0 Å². The van der Waals surface area contributed by atoms with Crippen molar-refractivity contribution in [2.45, 2.75) is 43.5 Å². The third-order valence-electron chi connectivity index (χ3n) is 6.26. The number of primary amides is 1. The van der Waals surface area contributed by atoms with Crippen LogP contribution >= 0.6 is 0 Å². The number of amides is 1. The van der Waals surface area contributed by atoms with E-state index in [1.54, 1.807) is 6.07 Å². The molecule has 4 rings (SSSR count). The van der Waals surface area contributed by atoms with Crippen molar-refractivity contribution >= 4 is 24.2 Å². The first-order chi connectivity index (χ1) is 19.7. The molecular formula is C31H34BF4N2O3RuS+. The largest absolute Gasteiger partial charge is 2.00 e. The molecule has 0 radical (unpaired) electrons. The molecule has 0 bridgehead atoms. The third-order valence-corrected chi connectivity index (χ3v) is 7.01. The average Bonchev–Trinajstić information content (AvgIpc) is 2.93. The molecule has 230 valence electrons. The molecule has 0 heterocycles. The van der Waals surface area contributed by atoms with Crippen LogP contribution in [-0.2, 0) is 30.6 Å². The fourth-order valence-electron chi connectivity index (χ4n) is 4.16. The van der Waals surface area contributed by atoms with Crippen molar-refractivity contribution in [1.29, 1.82) is 0 Å². The molecule has 0 aliphatic heterocycles. The van der Waals surface area contributed by atoms with Gasteiger partial charge in [-0.25, -0.2) is 4.21 Å². The van der Waals surface area contributed by atoms with Crippen LogP contribution < -0.4 is 11.5 Å². The Bertz CT molecular complexity index is 1440. The number of rotatable bonds is 7. The topological polar surface area (TPSA) is 106 Å². The predicted octanol–water partition coefficient (Wildman–Crippen LogP) is 7.61. The van der Waals surface area contributed by atoms with Gasteiger partial charge in [-0.3, -0.25) is 4.79 Å². The normalized spacial score (nSPS) is 12.8. The summed E-state index contributed by atoms with van der Waals surface area (Å²) >= 11 is -2.24. The second kappa shape index (κ2) is 17.8. The number of hydrogen-bond donors (Lipinski definition) is 3. The maximum atomic E-state index is 12.0. The summed E-state index contributed by atoms with van der Waals surface area (Å²) in [6.45, 7) is 6.54. The zero-order chi connectivity index (χ0) is 31.4. The van der Waals surface area contributed by atoms with Crippen molar-refractivity contribution in [2.75, 3.05) is 0 Å². The van der Waals surface area contributed by atoms with E-state index in [1.807, 2.05) is 60.7 Å². The van der Waals surface area contributed by atoms with Crippen LogP contribution in [0.2, 0.25) is 0 Å². The summed E-state index contributed by atoms with van der Waals surface area (Å²) in [7, 11) is -6.00. The molecule has 0 saturated heterocycles. The molecule has 3 atom stereocenters. The van der Waals surface area contributed by atoms with Gasteiger partial charge in [0.1, 0.15) is 0 Å². The Morgan fingerprint density at radius 1 is 0.791 bits per heavy atom. The van der Waals surface area contributed by atoms with Crippen LogP contribution in [0.3, 0.4) is 0 Å². The van der Waals surface area contributed by atoms with Crippen LogP contribution in [0.25, 0.3) is 0 Å². The number of aryl methyl sites for hydroxylation is 1.